The molecule has 34 heavy (non-hydrogen) atoms. The number of anilines is 1. The summed E-state index contributed by atoms with van der Waals surface area (Å²) in [6, 6.07) is 8.84. The first kappa shape index (κ1) is 23.5. The van der Waals surface area contributed by atoms with Gasteiger partial charge in [0.1, 0.15) is 29.9 Å². The average molecular weight is 487 g/mol. The topological polar surface area (TPSA) is 89.1 Å². The second-order valence-electron chi connectivity index (χ2n) is 7.87. The fourth-order valence-electron chi connectivity index (χ4n) is 3.70. The van der Waals surface area contributed by atoms with Crippen LogP contribution in [0.15, 0.2) is 67.5 Å². The Morgan fingerprint density at radius 1 is 1.21 bits per heavy atom. The fraction of sp³-hybridized carbons (Fsp3) is 0.217. The van der Waals surface area contributed by atoms with E-state index in [1.165, 1.54) is 45.4 Å². The summed E-state index contributed by atoms with van der Waals surface area (Å²) in [4.78, 5) is 18.3. The zero-order valence-electron chi connectivity index (χ0n) is 18.3. The number of rotatable bonds is 7. The molecule has 4 aromatic rings. The number of amides is 1. The molecule has 0 bridgehead atoms. The molecule has 4 rings (SSSR count). The molecular formula is C23H21ClF2N6O2. The van der Waals surface area contributed by atoms with Crippen LogP contribution in [-0.2, 0) is 12.1 Å². The molecule has 1 N–H and O–H groups in total. The maximum atomic E-state index is 14.8. The second kappa shape index (κ2) is 9.32. The van der Waals surface area contributed by atoms with Crippen molar-refractivity contribution < 1.29 is 18.7 Å². The molecule has 2 aromatic carbocycles. The number of aromatic nitrogens is 5. The summed E-state index contributed by atoms with van der Waals surface area (Å²) in [6.07, 6.45) is 5.48. The average Bonchev–Trinajstić information content (AvgIpc) is 3.50. The molecule has 0 aliphatic rings. The van der Waals surface area contributed by atoms with Crippen LogP contribution in [0, 0.1) is 11.6 Å². The Morgan fingerprint density at radius 2 is 1.94 bits per heavy atom. The van der Waals surface area contributed by atoms with Crippen molar-refractivity contribution >= 4 is 23.2 Å². The van der Waals surface area contributed by atoms with Gasteiger partial charge in [0.2, 0.25) is 0 Å². The van der Waals surface area contributed by atoms with Gasteiger partial charge in [-0.3, -0.25) is 9.48 Å². The minimum atomic E-state index is -1.90. The van der Waals surface area contributed by atoms with E-state index in [0.717, 1.165) is 6.07 Å². The number of benzene rings is 2. The number of carbonyl (C=O) groups excluding carboxylic acids is 1. The van der Waals surface area contributed by atoms with Crippen LogP contribution in [0.5, 0.6) is 0 Å². The van der Waals surface area contributed by atoms with Crippen LogP contribution in [0.1, 0.15) is 28.9 Å². The normalized spacial score (nSPS) is 13.9. The largest absolute Gasteiger partial charge is 0.381 e. The molecule has 0 spiro atoms. The summed E-state index contributed by atoms with van der Waals surface area (Å²) in [6.45, 7) is 1.43. The Morgan fingerprint density at radius 3 is 2.59 bits per heavy atom. The molecule has 0 fully saturated rings. The molecule has 0 radical (unpaired) electrons. The van der Waals surface area contributed by atoms with Gasteiger partial charge in [0.15, 0.2) is 0 Å². The summed E-state index contributed by atoms with van der Waals surface area (Å²) in [7, 11) is 1.61. The Hall–Kier alpha value is -3.63. The number of nitrogens with zero attached hydrogens (tertiary/aromatic N) is 6. The first-order valence-corrected chi connectivity index (χ1v) is 10.6. The zero-order chi connectivity index (χ0) is 24.5. The third kappa shape index (κ3) is 4.55. The molecule has 2 aromatic heterocycles. The van der Waals surface area contributed by atoms with E-state index < -0.39 is 23.3 Å². The van der Waals surface area contributed by atoms with E-state index >= 15 is 0 Å². The molecule has 0 saturated carbocycles. The molecule has 2 heterocycles. The van der Waals surface area contributed by atoms with E-state index in [1.54, 1.807) is 38.2 Å². The fourth-order valence-corrected chi connectivity index (χ4v) is 3.82. The van der Waals surface area contributed by atoms with Crippen molar-refractivity contribution in [2.75, 3.05) is 11.9 Å². The van der Waals surface area contributed by atoms with Crippen molar-refractivity contribution in [3.63, 3.8) is 0 Å². The lowest BCUT2D eigenvalue weighted by Gasteiger charge is -2.34. The van der Waals surface area contributed by atoms with Crippen molar-refractivity contribution in [3.8, 4) is 0 Å². The van der Waals surface area contributed by atoms with Crippen LogP contribution in [0.3, 0.4) is 0 Å². The van der Waals surface area contributed by atoms with Crippen LogP contribution in [0.2, 0.25) is 5.02 Å². The van der Waals surface area contributed by atoms with Crippen molar-refractivity contribution in [2.24, 2.45) is 0 Å². The first-order chi connectivity index (χ1) is 16.2. The van der Waals surface area contributed by atoms with Crippen molar-refractivity contribution in [1.82, 2.24) is 24.5 Å². The highest BCUT2D eigenvalue weighted by Gasteiger charge is 2.41. The van der Waals surface area contributed by atoms with Gasteiger partial charge in [0, 0.05) is 35.6 Å². The Labute approximate surface area is 199 Å². The molecule has 2 atom stereocenters. The van der Waals surface area contributed by atoms with Gasteiger partial charge in [-0.25, -0.2) is 18.4 Å². The van der Waals surface area contributed by atoms with Gasteiger partial charge < -0.3 is 10.0 Å². The summed E-state index contributed by atoms with van der Waals surface area (Å²) in [5, 5.41) is 20.5. The SMILES string of the molecule is C[C@@H](n1cc(C(=O)N(C)c2ccc(Cl)cc2)cn1)[C@](O)(Cn1cncn1)c1ccc(F)cc1F. The molecular weight excluding hydrogens is 466 g/mol. The lowest BCUT2D eigenvalue weighted by atomic mass is 9.86. The highest BCUT2D eigenvalue weighted by Crippen LogP contribution is 2.36. The Bertz CT molecular complexity index is 1300. The minimum Gasteiger partial charge on any atom is -0.381 e. The van der Waals surface area contributed by atoms with Crippen molar-refractivity contribution in [3.05, 3.63) is 95.3 Å². The van der Waals surface area contributed by atoms with Gasteiger partial charge in [-0.15, -0.1) is 0 Å². The predicted molar refractivity (Wildman–Crippen MR) is 121 cm³/mol. The monoisotopic (exact) mass is 486 g/mol. The van der Waals surface area contributed by atoms with E-state index in [4.69, 9.17) is 11.6 Å². The Balaban J connectivity index is 1.66. The van der Waals surface area contributed by atoms with E-state index in [1.807, 2.05) is 0 Å². The van der Waals surface area contributed by atoms with Crippen molar-refractivity contribution in [1.29, 1.82) is 0 Å². The van der Waals surface area contributed by atoms with Crippen LogP contribution >= 0.6 is 11.6 Å². The van der Waals surface area contributed by atoms with Gasteiger partial charge in [-0.05, 0) is 37.3 Å². The number of hydrogen-bond donors (Lipinski definition) is 1. The van der Waals surface area contributed by atoms with E-state index in [9.17, 15) is 18.7 Å². The standard InChI is InChI=1S/C23H21ClF2N6O2/c1-15(23(34,12-31-14-27-13-29-31)20-8-5-18(25)9-21(20)26)32-11-16(10-28-32)22(33)30(2)19-6-3-17(24)4-7-19/h3-11,13-15,34H,12H2,1-2H3/t15-,23-/m1/s1. The highest BCUT2D eigenvalue weighted by molar-refractivity contribution is 6.30. The van der Waals surface area contributed by atoms with E-state index in [0.29, 0.717) is 16.8 Å². The van der Waals surface area contributed by atoms with Gasteiger partial charge >= 0.3 is 0 Å². The van der Waals surface area contributed by atoms with Gasteiger partial charge in [-0.1, -0.05) is 17.7 Å². The van der Waals surface area contributed by atoms with Gasteiger partial charge in [-0.2, -0.15) is 10.2 Å². The first-order valence-electron chi connectivity index (χ1n) is 10.3. The third-order valence-electron chi connectivity index (χ3n) is 5.72. The molecule has 0 aliphatic heterocycles. The molecule has 11 heteroatoms. The van der Waals surface area contributed by atoms with E-state index in [-0.39, 0.29) is 23.6 Å². The third-order valence-corrected chi connectivity index (χ3v) is 5.97. The van der Waals surface area contributed by atoms with Crippen LogP contribution < -0.4 is 4.90 Å². The summed E-state index contributed by atoms with van der Waals surface area (Å²) >= 11 is 5.92. The number of carbonyl (C=O) groups is 1. The van der Waals surface area contributed by atoms with Gasteiger partial charge in [0.25, 0.3) is 5.91 Å². The number of aliphatic hydroxyl groups is 1. The molecule has 1 amide bonds. The lowest BCUT2D eigenvalue weighted by molar-refractivity contribution is -0.0369. The quantitative estimate of drug-likeness (QED) is 0.429. The minimum absolute atomic E-state index is 0.140. The van der Waals surface area contributed by atoms with Crippen molar-refractivity contribution in [2.45, 2.75) is 25.1 Å². The molecule has 0 saturated heterocycles. The molecule has 0 aliphatic carbocycles. The maximum absolute atomic E-state index is 14.8. The van der Waals surface area contributed by atoms with E-state index in [2.05, 4.69) is 15.2 Å². The highest BCUT2D eigenvalue weighted by atomic mass is 35.5. The zero-order valence-corrected chi connectivity index (χ0v) is 19.1. The smallest absolute Gasteiger partial charge is 0.261 e. The lowest BCUT2D eigenvalue weighted by Crippen LogP contribution is -2.41. The number of halogens is 3. The molecule has 8 nitrogen and oxygen atoms in total. The maximum Gasteiger partial charge on any atom is 0.261 e. The predicted octanol–water partition coefficient (Wildman–Crippen LogP) is 3.83. The molecule has 176 valence electrons. The Kier molecular flexibility index (Phi) is 6.45. The van der Waals surface area contributed by atoms with Crippen LogP contribution in [0.25, 0.3) is 0 Å². The van der Waals surface area contributed by atoms with Crippen LogP contribution in [0.4, 0.5) is 14.5 Å². The van der Waals surface area contributed by atoms with Crippen LogP contribution in [-0.4, -0.2) is 42.6 Å². The second-order valence-corrected chi connectivity index (χ2v) is 8.30. The summed E-state index contributed by atoms with van der Waals surface area (Å²) in [5.74, 6) is -2.02. The summed E-state index contributed by atoms with van der Waals surface area (Å²) in [5.41, 5.74) is -1.16. The number of hydrogen-bond acceptors (Lipinski definition) is 5. The summed E-state index contributed by atoms with van der Waals surface area (Å²) < 4.78 is 31.0. The van der Waals surface area contributed by atoms with Gasteiger partial charge in [0.05, 0.1) is 24.3 Å². The molecule has 0 unspecified atom stereocenters.